The Hall–Kier alpha value is -6.00. The van der Waals surface area contributed by atoms with Crippen LogP contribution in [0, 0.1) is 38.8 Å². The van der Waals surface area contributed by atoms with Crippen LogP contribution in [0.15, 0.2) is 65.2 Å². The fourth-order valence-electron chi connectivity index (χ4n) is 9.32. The smallest absolute Gasteiger partial charge is 0.293 e. The molecule has 1 atom stereocenters. The van der Waals surface area contributed by atoms with E-state index >= 15 is 8.78 Å². The number of benzene rings is 3. The molecule has 2 saturated heterocycles. The highest BCUT2D eigenvalue weighted by atomic mass is 35.5. The van der Waals surface area contributed by atoms with E-state index in [4.69, 9.17) is 25.8 Å². The number of nitro groups is 1. The first kappa shape index (κ1) is 48.0. The fourth-order valence-corrected chi connectivity index (χ4v) is 10.5. The number of carbonyl (C=O) groups excluding carboxylic acids is 1. The number of piperazine rings is 1. The third kappa shape index (κ3) is 9.92. The number of amides is 1. The summed E-state index contributed by atoms with van der Waals surface area (Å²) < 4.78 is 107. The summed E-state index contributed by atoms with van der Waals surface area (Å²) >= 11 is 5.59. The molecule has 69 heavy (non-hydrogen) atoms. The molecule has 1 unspecified atom stereocenters. The standard InChI is InChI=1S/C47H49ClF4N8O8S/c1-47(2)10-8-28(33(23-47)38-40(49)42(51)39(48)43(52)41(38)50)25-57-13-15-58(16-14-57)29-4-6-32(35(21-29)59-12-3-17-68-46-37(59)20-27-9-11-53-44(27)55-46)45(61)56-69(64,65)31-5-7-34(36(22-31)60(62)63)54-24-30-26-66-18-19-67-30/h4-7,9,11,20-22,30,54H,3,8,10,12-19,23-26H2,1-2H3,(H,53,55)(H,56,61). The predicted octanol–water partition coefficient (Wildman–Crippen LogP) is 8.33. The number of aromatic amines is 1. The Balaban J connectivity index is 0.998. The number of fused-ring (bicyclic) bond motifs is 2. The zero-order valence-electron chi connectivity index (χ0n) is 37.7. The lowest BCUT2D eigenvalue weighted by Gasteiger charge is -2.39. The SMILES string of the molecule is CC1(C)CCC(CN2CCN(c3ccc(C(=O)NS(=O)(=O)c4ccc(NCC5COCCO5)c([N+](=O)[O-])c4)c(N4CCCOc5nc6[nH]ccc6cc54)c3)CC2)=C(c2c(F)c(F)c(Cl)c(F)c2F)C1. The number of rotatable bonds is 12. The van der Waals surface area contributed by atoms with Gasteiger partial charge in [0.25, 0.3) is 21.6 Å². The van der Waals surface area contributed by atoms with Gasteiger partial charge < -0.3 is 34.3 Å². The minimum absolute atomic E-state index is 0.0142. The van der Waals surface area contributed by atoms with Crippen molar-refractivity contribution in [2.75, 3.05) is 87.4 Å². The van der Waals surface area contributed by atoms with E-state index in [0.29, 0.717) is 113 Å². The van der Waals surface area contributed by atoms with Crippen LogP contribution in [0.4, 0.5) is 46.0 Å². The molecule has 1 aliphatic carbocycles. The molecule has 1 amide bonds. The number of nitrogens with zero attached hydrogens (tertiary/aromatic N) is 5. The number of allylic oxidation sites excluding steroid dienone is 1. The number of nitro benzene ring substituents is 1. The van der Waals surface area contributed by atoms with Crippen molar-refractivity contribution in [2.45, 2.75) is 50.5 Å². The van der Waals surface area contributed by atoms with Crippen molar-refractivity contribution < 1.29 is 49.9 Å². The van der Waals surface area contributed by atoms with Crippen LogP contribution < -0.4 is 24.6 Å². The second-order valence-corrected chi connectivity index (χ2v) is 20.3. The molecule has 0 radical (unpaired) electrons. The van der Waals surface area contributed by atoms with Crippen LogP contribution in [0.2, 0.25) is 5.02 Å². The summed E-state index contributed by atoms with van der Waals surface area (Å²) in [6.07, 6.45) is 3.24. The maximum absolute atomic E-state index is 15.4. The number of H-pyrrole nitrogens is 1. The van der Waals surface area contributed by atoms with Crippen molar-refractivity contribution in [1.29, 1.82) is 0 Å². The normalized spacial score (nSPS) is 19.0. The summed E-state index contributed by atoms with van der Waals surface area (Å²) in [7, 11) is -4.68. The van der Waals surface area contributed by atoms with Gasteiger partial charge in [0.2, 0.25) is 5.88 Å². The minimum Gasteiger partial charge on any atom is -0.476 e. The zero-order chi connectivity index (χ0) is 48.8. The number of nitrogens with one attached hydrogen (secondary N) is 3. The lowest BCUT2D eigenvalue weighted by Crippen LogP contribution is -2.47. The number of aromatic nitrogens is 2. The third-order valence-electron chi connectivity index (χ3n) is 13.0. The van der Waals surface area contributed by atoms with Crippen molar-refractivity contribution >= 4 is 72.6 Å². The minimum atomic E-state index is -4.68. The van der Waals surface area contributed by atoms with Gasteiger partial charge in [-0.25, -0.2) is 30.7 Å². The molecule has 22 heteroatoms. The topological polar surface area (TPSA) is 185 Å². The molecule has 3 aliphatic heterocycles. The Morgan fingerprint density at radius 1 is 0.971 bits per heavy atom. The largest absolute Gasteiger partial charge is 0.476 e. The number of anilines is 4. The van der Waals surface area contributed by atoms with Gasteiger partial charge in [0.1, 0.15) is 22.0 Å². The molecule has 9 rings (SSSR count). The van der Waals surface area contributed by atoms with Gasteiger partial charge in [-0.15, -0.1) is 0 Å². The molecular formula is C47H49ClF4N8O8S. The first-order chi connectivity index (χ1) is 33.0. The molecule has 0 spiro atoms. The van der Waals surface area contributed by atoms with Gasteiger partial charge in [-0.1, -0.05) is 31.0 Å². The Morgan fingerprint density at radius 3 is 2.46 bits per heavy atom. The maximum Gasteiger partial charge on any atom is 0.293 e. The second-order valence-electron chi connectivity index (χ2n) is 18.2. The van der Waals surface area contributed by atoms with Crippen molar-refractivity contribution in [3.05, 3.63) is 110 Å². The summed E-state index contributed by atoms with van der Waals surface area (Å²) in [5.74, 6) is -7.00. The van der Waals surface area contributed by atoms with Crippen LogP contribution in [0.5, 0.6) is 5.88 Å². The molecule has 3 aromatic carbocycles. The van der Waals surface area contributed by atoms with E-state index in [1.54, 1.807) is 18.3 Å². The lowest BCUT2D eigenvalue weighted by atomic mass is 9.72. The van der Waals surface area contributed by atoms with Gasteiger partial charge in [-0.3, -0.25) is 19.8 Å². The molecule has 2 fully saturated rings. The second kappa shape index (κ2) is 19.4. The molecule has 4 aliphatic rings. The molecule has 366 valence electrons. The van der Waals surface area contributed by atoms with Gasteiger partial charge in [0.15, 0.2) is 23.3 Å². The maximum atomic E-state index is 15.4. The van der Waals surface area contributed by atoms with Gasteiger partial charge in [0.05, 0.1) is 59.2 Å². The lowest BCUT2D eigenvalue weighted by molar-refractivity contribution is -0.384. The highest BCUT2D eigenvalue weighted by Gasteiger charge is 2.36. The molecule has 2 aromatic heterocycles. The quantitative estimate of drug-likeness (QED) is 0.0357. The Kier molecular flexibility index (Phi) is 13.5. The van der Waals surface area contributed by atoms with Crippen molar-refractivity contribution in [1.82, 2.24) is 19.6 Å². The van der Waals surface area contributed by atoms with Crippen LogP contribution in [0.1, 0.15) is 55.5 Å². The number of hydrogen-bond acceptors (Lipinski definition) is 13. The van der Waals surface area contributed by atoms with E-state index in [2.05, 4.69) is 29.8 Å². The summed E-state index contributed by atoms with van der Waals surface area (Å²) in [5.41, 5.74) is 1.49. The van der Waals surface area contributed by atoms with Crippen molar-refractivity contribution in [2.24, 2.45) is 5.41 Å². The van der Waals surface area contributed by atoms with Crippen molar-refractivity contribution in [3.63, 3.8) is 0 Å². The third-order valence-corrected chi connectivity index (χ3v) is 14.7. The van der Waals surface area contributed by atoms with E-state index in [9.17, 15) is 32.1 Å². The predicted molar refractivity (Wildman–Crippen MR) is 251 cm³/mol. The van der Waals surface area contributed by atoms with E-state index in [-0.39, 0.29) is 47.9 Å². The number of hydrogen-bond donors (Lipinski definition) is 3. The first-order valence-electron chi connectivity index (χ1n) is 22.5. The molecule has 5 heterocycles. The molecule has 3 N–H and O–H groups in total. The monoisotopic (exact) mass is 996 g/mol. The molecule has 16 nitrogen and oxygen atoms in total. The number of carbonyl (C=O) groups is 1. The summed E-state index contributed by atoms with van der Waals surface area (Å²) in [4.78, 5) is 39.1. The summed E-state index contributed by atoms with van der Waals surface area (Å²) in [6, 6.07) is 12.0. The first-order valence-corrected chi connectivity index (χ1v) is 24.4. The van der Waals surface area contributed by atoms with E-state index < -0.39 is 65.3 Å². The molecule has 0 bridgehead atoms. The Bertz CT molecular complexity index is 2950. The van der Waals surface area contributed by atoms with Crippen LogP contribution in [-0.2, 0) is 19.5 Å². The Labute approximate surface area is 399 Å². The summed E-state index contributed by atoms with van der Waals surface area (Å²) in [6.45, 7) is 8.03. The van der Waals surface area contributed by atoms with Gasteiger partial charge >= 0.3 is 0 Å². The zero-order valence-corrected chi connectivity index (χ0v) is 39.3. The number of halogens is 5. The fraction of sp³-hybridized carbons (Fsp3) is 0.404. The van der Waals surface area contributed by atoms with Crippen LogP contribution in [-0.4, -0.2) is 112 Å². The van der Waals surface area contributed by atoms with Gasteiger partial charge in [-0.05, 0) is 79.1 Å². The number of pyridine rings is 1. The molecular weight excluding hydrogens is 948 g/mol. The van der Waals surface area contributed by atoms with E-state index in [1.165, 1.54) is 18.2 Å². The highest BCUT2D eigenvalue weighted by Crippen LogP contribution is 2.46. The molecule has 0 saturated carbocycles. The Morgan fingerprint density at radius 2 is 1.74 bits per heavy atom. The van der Waals surface area contributed by atoms with Crippen LogP contribution in [0.25, 0.3) is 16.6 Å². The van der Waals surface area contributed by atoms with E-state index in [1.807, 2.05) is 30.9 Å². The number of ether oxygens (including phenoxy) is 3. The van der Waals surface area contributed by atoms with Crippen LogP contribution >= 0.6 is 11.6 Å². The van der Waals surface area contributed by atoms with E-state index in [0.717, 1.165) is 11.5 Å². The van der Waals surface area contributed by atoms with Gasteiger partial charge in [0, 0.05) is 69.2 Å². The number of sulfonamides is 1. The average Bonchev–Trinajstić information content (AvgIpc) is 3.70. The van der Waals surface area contributed by atoms with Gasteiger partial charge in [-0.2, -0.15) is 4.98 Å². The highest BCUT2D eigenvalue weighted by molar-refractivity contribution is 7.90. The summed E-state index contributed by atoms with van der Waals surface area (Å²) in [5, 5.41) is 14.6. The van der Waals surface area contributed by atoms with Crippen LogP contribution in [0.3, 0.4) is 0 Å². The van der Waals surface area contributed by atoms with Crippen molar-refractivity contribution in [3.8, 4) is 5.88 Å². The molecule has 5 aromatic rings. The average molecular weight is 997 g/mol.